The molecule has 0 radical (unpaired) electrons. The first kappa shape index (κ1) is 24.3. The van der Waals surface area contributed by atoms with Gasteiger partial charge in [-0.2, -0.15) is 0 Å². The monoisotopic (exact) mass is 491 g/mol. The van der Waals surface area contributed by atoms with Gasteiger partial charge in [-0.3, -0.25) is 9.59 Å². The molecule has 0 saturated carbocycles. The van der Waals surface area contributed by atoms with Gasteiger partial charge in [0.05, 0.1) is 23.6 Å². The number of para-hydroxylation sites is 3. The maximum Gasteiger partial charge on any atom is 0.254 e. The molecule has 180 valence electrons. The molecule has 0 unspecified atom stereocenters. The first-order chi connectivity index (χ1) is 17.1. The van der Waals surface area contributed by atoms with E-state index in [1.165, 1.54) is 23.9 Å². The predicted molar refractivity (Wildman–Crippen MR) is 138 cm³/mol. The number of anilines is 1. The van der Waals surface area contributed by atoms with Crippen LogP contribution >= 0.6 is 11.8 Å². The van der Waals surface area contributed by atoms with Crippen molar-refractivity contribution in [2.45, 2.75) is 18.4 Å². The van der Waals surface area contributed by atoms with Crippen LogP contribution in [-0.4, -0.2) is 35.3 Å². The molecule has 0 fully saturated rings. The van der Waals surface area contributed by atoms with E-state index < -0.39 is 11.7 Å². The van der Waals surface area contributed by atoms with Gasteiger partial charge in [-0.05, 0) is 37.3 Å². The number of hydrogen-bond donors (Lipinski definition) is 2. The number of nitrogens with one attached hydrogen (secondary N) is 2. The van der Waals surface area contributed by atoms with E-state index in [4.69, 9.17) is 4.74 Å². The van der Waals surface area contributed by atoms with E-state index >= 15 is 0 Å². The van der Waals surface area contributed by atoms with E-state index in [1.54, 1.807) is 12.1 Å². The molecule has 0 aliphatic carbocycles. The zero-order chi connectivity index (χ0) is 24.6. The minimum Gasteiger partial charge on any atom is -0.492 e. The van der Waals surface area contributed by atoms with Crippen molar-refractivity contribution >= 4 is 40.2 Å². The fourth-order valence-corrected chi connectivity index (χ4v) is 4.61. The molecule has 35 heavy (non-hydrogen) atoms. The van der Waals surface area contributed by atoms with E-state index in [9.17, 15) is 14.0 Å². The Bertz CT molecular complexity index is 1340. The Morgan fingerprint density at radius 1 is 1.00 bits per heavy atom. The van der Waals surface area contributed by atoms with Crippen LogP contribution < -0.4 is 15.4 Å². The molecule has 4 aromatic rings. The highest BCUT2D eigenvalue weighted by atomic mass is 32.2. The lowest BCUT2D eigenvalue weighted by Gasteiger charge is -2.11. The van der Waals surface area contributed by atoms with Crippen molar-refractivity contribution in [3.8, 4) is 5.75 Å². The SMILES string of the molecule is CCOc1ccccc1NC(=O)CSc1cn(CCNC(=O)c2ccccc2F)c2ccccc12. The Hall–Kier alpha value is -3.78. The summed E-state index contributed by atoms with van der Waals surface area (Å²) in [5.41, 5.74) is 1.67. The molecule has 0 saturated heterocycles. The number of ether oxygens (including phenoxy) is 1. The standard InChI is InChI=1S/C27H26FN3O3S/c1-2-34-24-14-8-6-12-22(24)30-26(32)18-35-25-17-31(23-13-7-4-10-20(23)25)16-15-29-27(33)19-9-3-5-11-21(19)28/h3-14,17H,2,15-16,18H2,1H3,(H,29,33)(H,30,32). The van der Waals surface area contributed by atoms with Crippen molar-refractivity contribution in [3.63, 3.8) is 0 Å². The number of halogens is 1. The Balaban J connectivity index is 1.39. The quantitative estimate of drug-likeness (QED) is 0.294. The lowest BCUT2D eigenvalue weighted by atomic mass is 10.2. The van der Waals surface area contributed by atoms with Gasteiger partial charge >= 0.3 is 0 Å². The summed E-state index contributed by atoms with van der Waals surface area (Å²) in [5, 5.41) is 6.72. The molecule has 0 aliphatic heterocycles. The third kappa shape index (κ3) is 6.02. The molecule has 1 heterocycles. The number of rotatable bonds is 10. The van der Waals surface area contributed by atoms with Crippen molar-refractivity contribution in [3.05, 3.63) is 90.4 Å². The van der Waals surface area contributed by atoms with Gasteiger partial charge in [0.15, 0.2) is 0 Å². The lowest BCUT2D eigenvalue weighted by Crippen LogP contribution is -2.27. The number of thioether (sulfide) groups is 1. The molecular weight excluding hydrogens is 465 g/mol. The van der Waals surface area contributed by atoms with E-state index in [1.807, 2.05) is 66.2 Å². The van der Waals surface area contributed by atoms with Crippen LogP contribution in [0.25, 0.3) is 10.9 Å². The van der Waals surface area contributed by atoms with Gasteiger partial charge in [0.25, 0.3) is 5.91 Å². The Kier molecular flexibility index (Phi) is 8.05. The van der Waals surface area contributed by atoms with Gasteiger partial charge in [-0.1, -0.05) is 42.5 Å². The normalized spacial score (nSPS) is 10.8. The van der Waals surface area contributed by atoms with Gasteiger partial charge < -0.3 is 19.9 Å². The first-order valence-corrected chi connectivity index (χ1v) is 12.3. The highest BCUT2D eigenvalue weighted by Gasteiger charge is 2.14. The highest BCUT2D eigenvalue weighted by Crippen LogP contribution is 2.30. The third-order valence-corrected chi connectivity index (χ3v) is 6.37. The number of nitrogens with zero attached hydrogens (tertiary/aromatic N) is 1. The maximum absolute atomic E-state index is 13.8. The molecule has 0 spiro atoms. The number of carbonyl (C=O) groups is 2. The van der Waals surface area contributed by atoms with E-state index in [0.29, 0.717) is 31.1 Å². The maximum atomic E-state index is 13.8. The number of benzene rings is 3. The van der Waals surface area contributed by atoms with Crippen LogP contribution in [0, 0.1) is 5.82 Å². The van der Waals surface area contributed by atoms with Crippen LogP contribution in [0.1, 0.15) is 17.3 Å². The lowest BCUT2D eigenvalue weighted by molar-refractivity contribution is -0.113. The van der Waals surface area contributed by atoms with E-state index in [-0.39, 0.29) is 17.2 Å². The summed E-state index contributed by atoms with van der Waals surface area (Å²) in [6.45, 7) is 3.26. The average Bonchev–Trinajstić information content (AvgIpc) is 3.22. The van der Waals surface area contributed by atoms with Crippen molar-refractivity contribution in [2.24, 2.45) is 0 Å². The molecule has 2 N–H and O–H groups in total. The smallest absolute Gasteiger partial charge is 0.254 e. The Labute approximate surface area is 207 Å². The molecule has 4 rings (SSSR count). The summed E-state index contributed by atoms with van der Waals surface area (Å²) in [5.74, 6) is -0.243. The van der Waals surface area contributed by atoms with Crippen LogP contribution in [-0.2, 0) is 11.3 Å². The van der Waals surface area contributed by atoms with Crippen LogP contribution in [0.5, 0.6) is 5.75 Å². The van der Waals surface area contributed by atoms with Crippen molar-refractivity contribution < 1.29 is 18.7 Å². The van der Waals surface area contributed by atoms with Crippen LogP contribution in [0.2, 0.25) is 0 Å². The van der Waals surface area contributed by atoms with Crippen LogP contribution in [0.15, 0.2) is 83.9 Å². The number of carbonyl (C=O) groups excluding carboxylic acids is 2. The van der Waals surface area contributed by atoms with Crippen molar-refractivity contribution in [2.75, 3.05) is 24.2 Å². The predicted octanol–water partition coefficient (Wildman–Crippen LogP) is 5.34. The van der Waals surface area contributed by atoms with Gasteiger partial charge in [0, 0.05) is 35.1 Å². The van der Waals surface area contributed by atoms with E-state index in [0.717, 1.165) is 15.8 Å². The number of fused-ring (bicyclic) bond motifs is 1. The van der Waals surface area contributed by atoms with E-state index in [2.05, 4.69) is 10.6 Å². The van der Waals surface area contributed by atoms with Gasteiger partial charge in [0.2, 0.25) is 5.91 Å². The topological polar surface area (TPSA) is 72.4 Å². The molecular formula is C27H26FN3O3S. The Morgan fingerprint density at radius 2 is 1.74 bits per heavy atom. The van der Waals surface area contributed by atoms with Gasteiger partial charge in [-0.15, -0.1) is 11.8 Å². The summed E-state index contributed by atoms with van der Waals surface area (Å²) < 4.78 is 21.4. The summed E-state index contributed by atoms with van der Waals surface area (Å²) in [4.78, 5) is 25.9. The fourth-order valence-electron chi connectivity index (χ4n) is 3.72. The van der Waals surface area contributed by atoms with Gasteiger partial charge in [0.1, 0.15) is 11.6 Å². The van der Waals surface area contributed by atoms with Gasteiger partial charge in [-0.25, -0.2) is 4.39 Å². The van der Waals surface area contributed by atoms with Crippen molar-refractivity contribution in [1.82, 2.24) is 9.88 Å². The summed E-state index contributed by atoms with van der Waals surface area (Å²) in [7, 11) is 0. The third-order valence-electron chi connectivity index (χ3n) is 5.33. The summed E-state index contributed by atoms with van der Waals surface area (Å²) in [6.07, 6.45) is 1.98. The second kappa shape index (κ2) is 11.6. The Morgan fingerprint density at radius 3 is 2.57 bits per heavy atom. The number of hydrogen-bond acceptors (Lipinski definition) is 4. The second-order valence-corrected chi connectivity index (χ2v) is 8.72. The first-order valence-electron chi connectivity index (χ1n) is 11.3. The van der Waals surface area contributed by atoms with Crippen molar-refractivity contribution in [1.29, 1.82) is 0 Å². The molecule has 0 atom stereocenters. The second-order valence-electron chi connectivity index (χ2n) is 7.71. The summed E-state index contributed by atoms with van der Waals surface area (Å²) in [6, 6.07) is 21.2. The number of aromatic nitrogens is 1. The largest absolute Gasteiger partial charge is 0.492 e. The minimum atomic E-state index is -0.544. The molecule has 2 amide bonds. The fraction of sp³-hybridized carbons (Fsp3) is 0.185. The molecule has 3 aromatic carbocycles. The zero-order valence-corrected chi connectivity index (χ0v) is 20.1. The molecule has 0 bridgehead atoms. The molecule has 1 aromatic heterocycles. The van der Waals surface area contributed by atoms with Crippen LogP contribution in [0.4, 0.5) is 10.1 Å². The molecule has 6 nitrogen and oxygen atoms in total. The summed E-state index contributed by atoms with van der Waals surface area (Å²) >= 11 is 1.45. The molecule has 0 aliphatic rings. The minimum absolute atomic E-state index is 0.0260. The average molecular weight is 492 g/mol. The van der Waals surface area contributed by atoms with Crippen LogP contribution in [0.3, 0.4) is 0 Å². The zero-order valence-electron chi connectivity index (χ0n) is 19.3. The number of amides is 2. The molecule has 8 heteroatoms. The highest BCUT2D eigenvalue weighted by molar-refractivity contribution is 8.00.